The molecule has 0 bridgehead atoms. The van der Waals surface area contributed by atoms with Crippen LogP contribution in [0.5, 0.6) is 0 Å². The molecule has 0 spiro atoms. The molecule has 1 saturated heterocycles. The number of thioether (sulfide) groups is 2. The Labute approximate surface area is 150 Å². The Morgan fingerprint density at radius 2 is 2.08 bits per heavy atom. The van der Waals surface area contributed by atoms with Crippen LogP contribution in [0.1, 0.15) is 6.42 Å². The molecule has 1 aromatic carbocycles. The van der Waals surface area contributed by atoms with E-state index in [9.17, 15) is 13.6 Å². The number of hydrogen-bond acceptors (Lipinski definition) is 7. The number of hydrogen-bond donors (Lipinski definition) is 1. The van der Waals surface area contributed by atoms with Gasteiger partial charge in [0.05, 0.1) is 5.25 Å². The standard InChI is InChI=1S/C14H14F2N4OS3/c1-20-7-6-10(11(20)21)23-14-19-18-13(24-14)17-8-2-4-9(5-3-8)22-12(15)16/h2-5,10,12H,6-7H2,1H3,(H,17,18). The van der Waals surface area contributed by atoms with Gasteiger partial charge in [-0.1, -0.05) is 34.9 Å². The lowest BCUT2D eigenvalue weighted by molar-refractivity contribution is -0.126. The number of aromatic nitrogens is 2. The van der Waals surface area contributed by atoms with Crippen LogP contribution in [0.3, 0.4) is 0 Å². The molecule has 1 N–H and O–H groups in total. The Morgan fingerprint density at radius 3 is 2.71 bits per heavy atom. The molecule has 0 saturated carbocycles. The highest BCUT2D eigenvalue weighted by Gasteiger charge is 2.30. The molecule has 1 atom stereocenters. The molecule has 1 unspecified atom stereocenters. The third kappa shape index (κ3) is 4.37. The Morgan fingerprint density at radius 1 is 1.33 bits per heavy atom. The minimum Gasteiger partial charge on any atom is -0.345 e. The highest BCUT2D eigenvalue weighted by Crippen LogP contribution is 2.34. The van der Waals surface area contributed by atoms with Crippen molar-refractivity contribution < 1.29 is 13.6 Å². The quantitative estimate of drug-likeness (QED) is 0.757. The van der Waals surface area contributed by atoms with Crippen LogP contribution in [0.2, 0.25) is 0 Å². The summed E-state index contributed by atoms with van der Waals surface area (Å²) in [4.78, 5) is 14.1. The van der Waals surface area contributed by atoms with E-state index in [1.54, 1.807) is 36.2 Å². The molecule has 5 nitrogen and oxygen atoms in total. The summed E-state index contributed by atoms with van der Waals surface area (Å²) < 4.78 is 25.3. The molecule has 3 rings (SSSR count). The van der Waals surface area contributed by atoms with Crippen molar-refractivity contribution in [2.24, 2.45) is 0 Å². The Kier molecular flexibility index (Phi) is 5.57. The van der Waals surface area contributed by atoms with Gasteiger partial charge in [-0.25, -0.2) is 0 Å². The van der Waals surface area contributed by atoms with Crippen molar-refractivity contribution in [3.8, 4) is 0 Å². The van der Waals surface area contributed by atoms with Crippen molar-refractivity contribution >= 4 is 51.6 Å². The van der Waals surface area contributed by atoms with Gasteiger partial charge in [0.2, 0.25) is 11.0 Å². The number of benzene rings is 1. The summed E-state index contributed by atoms with van der Waals surface area (Å²) >= 11 is 3.31. The smallest absolute Gasteiger partial charge is 0.288 e. The van der Waals surface area contributed by atoms with E-state index in [0.717, 1.165) is 23.0 Å². The first-order valence-corrected chi connectivity index (χ1v) is 9.66. The van der Waals surface area contributed by atoms with Gasteiger partial charge in [0, 0.05) is 24.2 Å². The number of anilines is 2. The zero-order chi connectivity index (χ0) is 17.1. The van der Waals surface area contributed by atoms with Gasteiger partial charge in [0.1, 0.15) is 0 Å². The molecular weight excluding hydrogens is 374 g/mol. The highest BCUT2D eigenvalue weighted by atomic mass is 32.2. The van der Waals surface area contributed by atoms with Crippen LogP contribution in [-0.4, -0.2) is 45.6 Å². The van der Waals surface area contributed by atoms with Crippen molar-refractivity contribution in [2.75, 3.05) is 18.9 Å². The molecular formula is C14H14F2N4OS3. The first-order chi connectivity index (χ1) is 11.5. The number of halogens is 2. The van der Waals surface area contributed by atoms with Gasteiger partial charge < -0.3 is 10.2 Å². The van der Waals surface area contributed by atoms with E-state index in [4.69, 9.17) is 0 Å². The first kappa shape index (κ1) is 17.4. The topological polar surface area (TPSA) is 58.1 Å². The van der Waals surface area contributed by atoms with Crippen molar-refractivity contribution in [1.29, 1.82) is 0 Å². The molecule has 0 aliphatic carbocycles. The maximum absolute atomic E-state index is 12.3. The third-order valence-corrected chi connectivity index (χ3v) is 6.26. The number of alkyl halides is 2. The Hall–Kier alpha value is -1.39. The molecule has 1 aliphatic rings. The number of likely N-dealkylation sites (tertiary alicyclic amines) is 1. The molecule has 0 radical (unpaired) electrons. The lowest BCUT2D eigenvalue weighted by Gasteiger charge is -2.07. The number of amides is 1. The van der Waals surface area contributed by atoms with Crippen molar-refractivity contribution in [2.45, 2.75) is 26.7 Å². The average Bonchev–Trinajstić information content (AvgIpc) is 3.11. The zero-order valence-corrected chi connectivity index (χ0v) is 15.1. The number of carbonyl (C=O) groups excluding carboxylic acids is 1. The minimum atomic E-state index is -2.43. The fourth-order valence-corrected chi connectivity index (χ4v) is 4.78. The molecule has 1 fully saturated rings. The molecule has 1 aliphatic heterocycles. The average molecular weight is 388 g/mol. The summed E-state index contributed by atoms with van der Waals surface area (Å²) in [5.41, 5.74) is 0.748. The number of rotatable bonds is 6. The number of nitrogens with one attached hydrogen (secondary N) is 1. The molecule has 10 heteroatoms. The largest absolute Gasteiger partial charge is 0.345 e. The van der Waals surface area contributed by atoms with E-state index in [-0.39, 0.29) is 11.2 Å². The second-order valence-corrected chi connectivity index (χ2v) is 8.55. The van der Waals surface area contributed by atoms with Crippen LogP contribution in [-0.2, 0) is 4.79 Å². The van der Waals surface area contributed by atoms with E-state index >= 15 is 0 Å². The summed E-state index contributed by atoms with van der Waals surface area (Å²) in [5.74, 6) is -2.30. The second kappa shape index (κ2) is 7.66. The van der Waals surface area contributed by atoms with E-state index in [1.165, 1.54) is 23.1 Å². The second-order valence-electron chi connectivity index (χ2n) is 5.06. The predicted molar refractivity (Wildman–Crippen MR) is 93.4 cm³/mol. The van der Waals surface area contributed by atoms with E-state index in [1.807, 2.05) is 0 Å². The highest BCUT2D eigenvalue weighted by molar-refractivity contribution is 8.02. The Balaban J connectivity index is 1.59. The first-order valence-electron chi connectivity index (χ1n) is 7.08. The Bertz CT molecular complexity index is 710. The molecule has 24 heavy (non-hydrogen) atoms. The van der Waals surface area contributed by atoms with Crippen molar-refractivity contribution in [3.05, 3.63) is 24.3 Å². The molecule has 1 aromatic heterocycles. The fourth-order valence-electron chi connectivity index (χ4n) is 2.17. The van der Waals surface area contributed by atoms with Crippen molar-refractivity contribution in [1.82, 2.24) is 15.1 Å². The van der Waals surface area contributed by atoms with Crippen LogP contribution in [0.25, 0.3) is 0 Å². The number of nitrogens with zero attached hydrogens (tertiary/aromatic N) is 3. The van der Waals surface area contributed by atoms with Gasteiger partial charge in [-0.3, -0.25) is 4.79 Å². The normalized spacial score (nSPS) is 17.8. The zero-order valence-electron chi connectivity index (χ0n) is 12.6. The van der Waals surface area contributed by atoms with Crippen molar-refractivity contribution in [3.63, 3.8) is 0 Å². The van der Waals surface area contributed by atoms with Gasteiger partial charge in [0.25, 0.3) is 5.76 Å². The summed E-state index contributed by atoms with van der Waals surface area (Å²) in [6.45, 7) is 0.767. The molecule has 2 heterocycles. The fraction of sp³-hybridized carbons (Fsp3) is 0.357. The van der Waals surface area contributed by atoms with E-state index in [2.05, 4.69) is 15.5 Å². The van der Waals surface area contributed by atoms with Crippen LogP contribution in [0, 0.1) is 0 Å². The van der Waals surface area contributed by atoms with Gasteiger partial charge >= 0.3 is 0 Å². The SMILES string of the molecule is CN1CCC(Sc2nnc(Nc3ccc(SC(F)F)cc3)s2)C1=O. The lowest BCUT2D eigenvalue weighted by atomic mass is 10.3. The molecule has 2 aromatic rings. The maximum atomic E-state index is 12.3. The van der Waals surface area contributed by atoms with Gasteiger partial charge in [-0.15, -0.1) is 10.2 Å². The van der Waals surface area contributed by atoms with Crippen LogP contribution < -0.4 is 5.32 Å². The van der Waals surface area contributed by atoms with Gasteiger partial charge in [-0.2, -0.15) is 8.78 Å². The monoisotopic (exact) mass is 388 g/mol. The van der Waals surface area contributed by atoms with Crippen LogP contribution in [0.4, 0.5) is 19.6 Å². The van der Waals surface area contributed by atoms with E-state index in [0.29, 0.717) is 21.8 Å². The van der Waals surface area contributed by atoms with E-state index < -0.39 is 5.76 Å². The minimum absolute atomic E-state index is 0.0959. The molecule has 1 amide bonds. The number of carbonyl (C=O) groups is 1. The third-order valence-electron chi connectivity index (χ3n) is 3.36. The summed E-state index contributed by atoms with van der Waals surface area (Å²) in [7, 11) is 1.80. The summed E-state index contributed by atoms with van der Waals surface area (Å²) in [6.07, 6.45) is 0.811. The van der Waals surface area contributed by atoms with Crippen LogP contribution >= 0.6 is 34.9 Å². The predicted octanol–water partition coefficient (Wildman–Crippen LogP) is 3.92. The van der Waals surface area contributed by atoms with Gasteiger partial charge in [0.15, 0.2) is 4.34 Å². The maximum Gasteiger partial charge on any atom is 0.288 e. The van der Waals surface area contributed by atoms with Crippen LogP contribution in [0.15, 0.2) is 33.5 Å². The molecule has 128 valence electrons. The lowest BCUT2D eigenvalue weighted by Crippen LogP contribution is -2.23. The summed E-state index contributed by atoms with van der Waals surface area (Å²) in [6, 6.07) is 6.69. The van der Waals surface area contributed by atoms with Gasteiger partial charge in [-0.05, 0) is 30.7 Å². The summed E-state index contributed by atoms with van der Waals surface area (Å²) in [5, 5.41) is 11.7.